The van der Waals surface area contributed by atoms with Crippen LogP contribution in [0.2, 0.25) is 0 Å². The lowest BCUT2D eigenvalue weighted by atomic mass is 10.1. The van der Waals surface area contributed by atoms with Crippen molar-refractivity contribution in [2.75, 3.05) is 25.1 Å². The number of nitrogens with one attached hydrogen (secondary N) is 1. The second kappa shape index (κ2) is 7.58. The average Bonchev–Trinajstić information content (AvgIpc) is 3.23. The first-order chi connectivity index (χ1) is 12.8. The third-order valence-corrected chi connectivity index (χ3v) is 4.87. The van der Waals surface area contributed by atoms with Gasteiger partial charge in [-0.2, -0.15) is 4.57 Å². The number of aromatic nitrogens is 1. The summed E-state index contributed by atoms with van der Waals surface area (Å²) in [6, 6.07) is 21.2. The normalized spacial score (nSPS) is 14.8. The van der Waals surface area contributed by atoms with E-state index in [-0.39, 0.29) is 0 Å². The molecule has 1 fully saturated rings. The van der Waals surface area contributed by atoms with Crippen molar-refractivity contribution in [3.05, 3.63) is 72.4 Å². The van der Waals surface area contributed by atoms with Crippen LogP contribution in [0.5, 0.6) is 0 Å². The van der Waals surface area contributed by atoms with Gasteiger partial charge in [-0.3, -0.25) is 10.3 Å². The molecule has 1 aliphatic rings. The number of pyridine rings is 1. The summed E-state index contributed by atoms with van der Waals surface area (Å²) in [5.41, 5.74) is 7.48. The predicted octanol–water partition coefficient (Wildman–Crippen LogP) is 3.83. The summed E-state index contributed by atoms with van der Waals surface area (Å²) in [6.45, 7) is 2.31. The molecule has 0 saturated carbocycles. The van der Waals surface area contributed by atoms with E-state index in [0.29, 0.717) is 0 Å². The summed E-state index contributed by atoms with van der Waals surface area (Å²) < 4.78 is 2.12. The number of para-hydroxylation sites is 1. The van der Waals surface area contributed by atoms with Crippen LogP contribution in [-0.4, -0.2) is 20.2 Å². The maximum atomic E-state index is 5.23. The minimum absolute atomic E-state index is 0.918. The van der Waals surface area contributed by atoms with Gasteiger partial charge in [0.2, 0.25) is 11.7 Å². The Morgan fingerprint density at radius 1 is 1.00 bits per heavy atom. The number of hydroxylamine groups is 1. The molecule has 0 unspecified atom stereocenters. The van der Waals surface area contributed by atoms with E-state index in [1.54, 1.807) is 7.11 Å². The van der Waals surface area contributed by atoms with E-state index in [0.717, 1.165) is 29.9 Å². The lowest BCUT2D eigenvalue weighted by Gasteiger charge is -2.18. The lowest BCUT2D eigenvalue weighted by molar-refractivity contribution is -0.538. The third kappa shape index (κ3) is 3.41. The molecule has 0 aliphatic carbocycles. The molecule has 2 aromatic carbocycles. The Labute approximate surface area is 154 Å². The van der Waals surface area contributed by atoms with Gasteiger partial charge in [0.1, 0.15) is 5.70 Å². The van der Waals surface area contributed by atoms with E-state index >= 15 is 0 Å². The molecule has 0 spiro atoms. The van der Waals surface area contributed by atoms with E-state index in [1.807, 2.05) is 0 Å². The van der Waals surface area contributed by atoms with Crippen molar-refractivity contribution >= 4 is 28.5 Å². The average molecular weight is 346 g/mol. The Balaban J connectivity index is 1.69. The van der Waals surface area contributed by atoms with Crippen LogP contribution in [-0.2, 0) is 4.84 Å². The highest BCUT2D eigenvalue weighted by Gasteiger charge is 2.14. The molecule has 0 amide bonds. The van der Waals surface area contributed by atoms with Gasteiger partial charge in [0.05, 0.1) is 7.11 Å². The summed E-state index contributed by atoms with van der Waals surface area (Å²) in [6.07, 6.45) is 6.70. The second-order valence-corrected chi connectivity index (χ2v) is 6.56. The first kappa shape index (κ1) is 16.6. The van der Waals surface area contributed by atoms with Crippen LogP contribution >= 0.6 is 0 Å². The van der Waals surface area contributed by atoms with Crippen LogP contribution in [0.25, 0.3) is 22.8 Å². The molecule has 4 nitrogen and oxygen atoms in total. The minimum atomic E-state index is 0.918. The van der Waals surface area contributed by atoms with Crippen molar-refractivity contribution in [1.82, 2.24) is 5.48 Å². The Morgan fingerprint density at radius 2 is 1.73 bits per heavy atom. The molecule has 4 heteroatoms. The Hall–Kier alpha value is -2.85. The van der Waals surface area contributed by atoms with Gasteiger partial charge in [-0.05, 0) is 37.1 Å². The smallest absolute Gasteiger partial charge is 0.217 e. The van der Waals surface area contributed by atoms with Crippen LogP contribution in [0, 0.1) is 0 Å². The van der Waals surface area contributed by atoms with E-state index < -0.39 is 0 Å². The number of hydrogen-bond donors (Lipinski definition) is 1. The van der Waals surface area contributed by atoms with Gasteiger partial charge in [0, 0.05) is 41.9 Å². The third-order valence-electron chi connectivity index (χ3n) is 4.87. The van der Waals surface area contributed by atoms with Crippen molar-refractivity contribution in [2.45, 2.75) is 12.8 Å². The van der Waals surface area contributed by atoms with Gasteiger partial charge in [0.15, 0.2) is 6.20 Å². The summed E-state index contributed by atoms with van der Waals surface area (Å²) >= 11 is 0. The summed E-state index contributed by atoms with van der Waals surface area (Å²) in [7, 11) is 1.64. The van der Waals surface area contributed by atoms with E-state index in [4.69, 9.17) is 4.84 Å². The second-order valence-electron chi connectivity index (χ2n) is 6.56. The highest BCUT2D eigenvalue weighted by Crippen LogP contribution is 2.22. The molecule has 1 N–H and O–H groups in total. The van der Waals surface area contributed by atoms with Crippen LogP contribution < -0.4 is 14.9 Å². The van der Waals surface area contributed by atoms with Gasteiger partial charge in [0.25, 0.3) is 0 Å². The molecule has 0 atom stereocenters. The van der Waals surface area contributed by atoms with Crippen molar-refractivity contribution in [1.29, 1.82) is 0 Å². The topological polar surface area (TPSA) is 28.4 Å². The van der Waals surface area contributed by atoms with Crippen LogP contribution in [0.15, 0.2) is 66.9 Å². The molecule has 1 aromatic heterocycles. The number of nitrogens with zero attached hydrogens (tertiary/aromatic N) is 2. The Morgan fingerprint density at radius 3 is 2.50 bits per heavy atom. The molecule has 26 heavy (non-hydrogen) atoms. The number of hydrogen-bond acceptors (Lipinski definition) is 3. The van der Waals surface area contributed by atoms with Gasteiger partial charge >= 0.3 is 0 Å². The zero-order valence-corrected chi connectivity index (χ0v) is 15.1. The number of fused-ring (bicyclic) bond motifs is 1. The van der Waals surface area contributed by atoms with Crippen molar-refractivity contribution in [3.63, 3.8) is 0 Å². The standard InChI is InChI=1S/C22H24N3O/c1-26-23-21(17-25-16-6-8-19-7-2-3-9-22(19)25)18-10-12-20(13-11-18)24-14-4-5-15-24/h2-3,6-13,16-17,23H,4-5,14-15H2,1H3/q+1. The Kier molecular flexibility index (Phi) is 4.84. The summed E-state index contributed by atoms with van der Waals surface area (Å²) in [5.74, 6) is 0. The van der Waals surface area contributed by atoms with Crippen molar-refractivity contribution in [3.8, 4) is 0 Å². The molecular weight excluding hydrogens is 322 g/mol. The van der Waals surface area contributed by atoms with Gasteiger partial charge in [-0.1, -0.05) is 24.3 Å². The molecule has 2 heterocycles. The fraction of sp³-hybridized carbons (Fsp3) is 0.227. The molecule has 4 rings (SSSR count). The van der Waals surface area contributed by atoms with E-state index in [1.165, 1.54) is 23.9 Å². The first-order valence-corrected chi connectivity index (χ1v) is 9.10. The van der Waals surface area contributed by atoms with E-state index in [2.05, 4.69) is 88.0 Å². The van der Waals surface area contributed by atoms with Crippen LogP contribution in [0.4, 0.5) is 5.69 Å². The lowest BCUT2D eigenvalue weighted by Crippen LogP contribution is -2.28. The SMILES string of the molecule is CONC(=C[n+]1cccc2ccccc21)c1ccc(N2CCCC2)cc1. The fourth-order valence-electron chi connectivity index (χ4n) is 3.53. The minimum Gasteiger partial charge on any atom is -0.372 e. The quantitative estimate of drug-likeness (QED) is 0.562. The molecular formula is C22H24N3O+. The monoisotopic (exact) mass is 346 g/mol. The van der Waals surface area contributed by atoms with Gasteiger partial charge in [-0.15, -0.1) is 0 Å². The van der Waals surface area contributed by atoms with Crippen LogP contribution in [0.1, 0.15) is 18.4 Å². The van der Waals surface area contributed by atoms with Gasteiger partial charge < -0.3 is 4.90 Å². The number of rotatable bonds is 5. The maximum absolute atomic E-state index is 5.23. The van der Waals surface area contributed by atoms with Crippen LogP contribution in [0.3, 0.4) is 0 Å². The molecule has 3 aromatic rings. The molecule has 0 bridgehead atoms. The fourth-order valence-corrected chi connectivity index (χ4v) is 3.53. The van der Waals surface area contributed by atoms with Gasteiger partial charge in [-0.25, -0.2) is 0 Å². The largest absolute Gasteiger partial charge is 0.372 e. The predicted molar refractivity (Wildman–Crippen MR) is 106 cm³/mol. The van der Waals surface area contributed by atoms with Crippen molar-refractivity contribution < 1.29 is 9.40 Å². The number of benzene rings is 2. The summed E-state index contributed by atoms with van der Waals surface area (Å²) in [5, 5.41) is 1.20. The zero-order valence-electron chi connectivity index (χ0n) is 15.1. The zero-order chi connectivity index (χ0) is 17.8. The number of anilines is 1. The van der Waals surface area contributed by atoms with Crippen molar-refractivity contribution in [2.24, 2.45) is 0 Å². The van der Waals surface area contributed by atoms with E-state index in [9.17, 15) is 0 Å². The molecule has 0 radical (unpaired) electrons. The summed E-state index contributed by atoms with van der Waals surface area (Å²) in [4.78, 5) is 7.67. The molecule has 1 aliphatic heterocycles. The first-order valence-electron chi connectivity index (χ1n) is 9.10. The maximum Gasteiger partial charge on any atom is 0.217 e. The Bertz CT molecular complexity index is 907. The molecule has 132 valence electrons. The molecule has 1 saturated heterocycles. The highest BCUT2D eigenvalue weighted by molar-refractivity contribution is 5.77. The highest BCUT2D eigenvalue weighted by atomic mass is 16.6.